The topological polar surface area (TPSA) is 85.1 Å². The summed E-state index contributed by atoms with van der Waals surface area (Å²) in [6.45, 7) is 3.28. The van der Waals surface area contributed by atoms with E-state index in [2.05, 4.69) is 15.0 Å². The first-order valence-electron chi connectivity index (χ1n) is 7.62. The maximum absolute atomic E-state index is 12.6. The maximum atomic E-state index is 12.6. The van der Waals surface area contributed by atoms with Gasteiger partial charge in [0.15, 0.2) is 0 Å². The van der Waals surface area contributed by atoms with E-state index in [4.69, 9.17) is 0 Å². The number of anilines is 1. The second kappa shape index (κ2) is 6.26. The summed E-state index contributed by atoms with van der Waals surface area (Å²) in [6, 6.07) is 2.32. The molecule has 0 unspecified atom stereocenters. The van der Waals surface area contributed by atoms with Crippen molar-refractivity contribution in [3.05, 3.63) is 45.8 Å². The van der Waals surface area contributed by atoms with E-state index in [0.717, 1.165) is 12.3 Å². The van der Waals surface area contributed by atoms with Crippen LogP contribution in [0.4, 0.5) is 19.0 Å². The van der Waals surface area contributed by atoms with Crippen molar-refractivity contribution in [2.45, 2.75) is 13.1 Å². The highest BCUT2D eigenvalue weighted by Gasteiger charge is 2.31. The Morgan fingerprint density at radius 2 is 1.84 bits per heavy atom. The quantitative estimate of drug-likeness (QED) is 0.853. The molecular weight excluding hydrogens is 339 g/mol. The van der Waals surface area contributed by atoms with Crippen molar-refractivity contribution in [2.75, 3.05) is 31.1 Å². The number of imidazole rings is 1. The molecule has 10 heteroatoms. The number of rotatable bonds is 2. The molecule has 7 nitrogen and oxygen atoms in total. The highest BCUT2D eigenvalue weighted by atomic mass is 19.4. The minimum Gasteiger partial charge on any atom is -0.353 e. The van der Waals surface area contributed by atoms with Crippen molar-refractivity contribution in [2.24, 2.45) is 0 Å². The van der Waals surface area contributed by atoms with Crippen LogP contribution in [-0.4, -0.2) is 51.9 Å². The molecule has 0 spiro atoms. The molecule has 0 saturated carbocycles. The Morgan fingerprint density at radius 3 is 2.32 bits per heavy atom. The van der Waals surface area contributed by atoms with E-state index in [9.17, 15) is 22.8 Å². The number of H-pyrrole nitrogens is 2. The van der Waals surface area contributed by atoms with Crippen molar-refractivity contribution in [1.29, 1.82) is 0 Å². The lowest BCUT2D eigenvalue weighted by Gasteiger charge is -2.35. The van der Waals surface area contributed by atoms with Crippen LogP contribution in [0.1, 0.15) is 21.7 Å². The number of pyridine rings is 1. The van der Waals surface area contributed by atoms with Crippen LogP contribution in [0.5, 0.6) is 0 Å². The molecule has 0 aliphatic carbocycles. The zero-order chi connectivity index (χ0) is 18.2. The Balaban J connectivity index is 1.65. The molecule has 3 heterocycles. The fourth-order valence-corrected chi connectivity index (χ4v) is 2.72. The average molecular weight is 355 g/mol. The van der Waals surface area contributed by atoms with Crippen molar-refractivity contribution < 1.29 is 18.0 Å². The van der Waals surface area contributed by atoms with Gasteiger partial charge in [-0.1, -0.05) is 0 Å². The van der Waals surface area contributed by atoms with E-state index in [0.29, 0.717) is 37.7 Å². The van der Waals surface area contributed by atoms with Gasteiger partial charge < -0.3 is 19.8 Å². The molecule has 25 heavy (non-hydrogen) atoms. The Kier molecular flexibility index (Phi) is 4.27. The number of carbonyl (C=O) groups is 1. The van der Waals surface area contributed by atoms with E-state index >= 15 is 0 Å². The van der Waals surface area contributed by atoms with Crippen molar-refractivity contribution in [1.82, 2.24) is 19.9 Å². The first kappa shape index (κ1) is 17.1. The number of amides is 1. The molecule has 1 aliphatic heterocycles. The third-order valence-electron chi connectivity index (χ3n) is 4.09. The Bertz CT molecular complexity index is 817. The molecule has 1 saturated heterocycles. The molecular formula is C15H16F3N5O2. The first-order valence-corrected chi connectivity index (χ1v) is 7.62. The minimum absolute atomic E-state index is 0.228. The lowest BCUT2D eigenvalue weighted by molar-refractivity contribution is -0.137. The zero-order valence-corrected chi connectivity index (χ0v) is 13.4. The van der Waals surface area contributed by atoms with Crippen molar-refractivity contribution in [3.63, 3.8) is 0 Å². The summed E-state index contributed by atoms with van der Waals surface area (Å²) < 4.78 is 37.7. The number of hydrogen-bond acceptors (Lipinski definition) is 4. The first-order chi connectivity index (χ1) is 11.8. The molecule has 0 aromatic carbocycles. The van der Waals surface area contributed by atoms with E-state index < -0.39 is 17.4 Å². The number of alkyl halides is 3. The van der Waals surface area contributed by atoms with Gasteiger partial charge in [-0.05, 0) is 19.1 Å². The number of piperazine rings is 1. The third-order valence-corrected chi connectivity index (χ3v) is 4.09. The molecule has 2 aromatic heterocycles. The Morgan fingerprint density at radius 1 is 1.16 bits per heavy atom. The molecule has 2 N–H and O–H groups in total. The Labute approximate surface area is 140 Å². The molecule has 0 atom stereocenters. The van der Waals surface area contributed by atoms with Crippen molar-refractivity contribution in [3.8, 4) is 0 Å². The number of halogens is 3. The van der Waals surface area contributed by atoms with Crippen LogP contribution < -0.4 is 10.6 Å². The molecule has 2 aromatic rings. The number of aromatic nitrogens is 3. The highest BCUT2D eigenvalue weighted by molar-refractivity contribution is 5.93. The smallest absolute Gasteiger partial charge is 0.353 e. The molecule has 0 bridgehead atoms. The number of carbonyl (C=O) groups excluding carboxylic acids is 1. The van der Waals surface area contributed by atoms with Gasteiger partial charge in [-0.25, -0.2) is 9.78 Å². The van der Waals surface area contributed by atoms with Gasteiger partial charge in [0.2, 0.25) is 0 Å². The summed E-state index contributed by atoms with van der Waals surface area (Å²) in [5.41, 5.74) is -0.529. The highest BCUT2D eigenvalue weighted by Crippen LogP contribution is 2.29. The second-order valence-corrected chi connectivity index (χ2v) is 5.76. The lowest BCUT2D eigenvalue weighted by atomic mass is 10.2. The number of aryl methyl sites for hydroxylation is 1. The van der Waals surface area contributed by atoms with Crippen LogP contribution in [0.3, 0.4) is 0 Å². The molecule has 1 fully saturated rings. The fraction of sp³-hybridized carbons (Fsp3) is 0.400. The third kappa shape index (κ3) is 3.52. The number of aromatic amines is 2. The van der Waals surface area contributed by atoms with Crippen LogP contribution >= 0.6 is 0 Å². The average Bonchev–Trinajstić information content (AvgIpc) is 2.92. The number of nitrogens with one attached hydrogen (secondary N) is 2. The SMILES string of the molecule is Cc1[nH]c(=O)[nH]c1C(=O)N1CCN(c2ccc(C(F)(F)F)cn2)CC1. The van der Waals surface area contributed by atoms with E-state index in [-0.39, 0.29) is 11.6 Å². The van der Waals surface area contributed by atoms with Crippen LogP contribution in [0.2, 0.25) is 0 Å². The van der Waals surface area contributed by atoms with Gasteiger partial charge in [0.25, 0.3) is 5.91 Å². The van der Waals surface area contributed by atoms with Gasteiger partial charge >= 0.3 is 11.9 Å². The predicted molar refractivity (Wildman–Crippen MR) is 83.5 cm³/mol. The van der Waals surface area contributed by atoms with Gasteiger partial charge in [-0.2, -0.15) is 13.2 Å². The Hall–Kier alpha value is -2.78. The van der Waals surface area contributed by atoms with E-state index in [1.54, 1.807) is 11.8 Å². The maximum Gasteiger partial charge on any atom is 0.417 e. The zero-order valence-electron chi connectivity index (χ0n) is 13.4. The van der Waals surface area contributed by atoms with Crippen LogP contribution in [0.15, 0.2) is 23.1 Å². The summed E-state index contributed by atoms with van der Waals surface area (Å²) in [6.07, 6.45) is -3.61. The monoisotopic (exact) mass is 355 g/mol. The summed E-state index contributed by atoms with van der Waals surface area (Å²) in [5.74, 6) is 0.155. The number of nitrogens with zero attached hydrogens (tertiary/aromatic N) is 3. The summed E-state index contributed by atoms with van der Waals surface area (Å²) in [7, 11) is 0. The summed E-state index contributed by atoms with van der Waals surface area (Å²) in [4.78, 5) is 35.9. The van der Waals surface area contributed by atoms with Gasteiger partial charge in [0.1, 0.15) is 11.5 Å². The fourth-order valence-electron chi connectivity index (χ4n) is 2.72. The largest absolute Gasteiger partial charge is 0.417 e. The standard InChI is InChI=1S/C15H16F3N5O2/c1-9-12(21-14(25)20-9)13(24)23-6-4-22(5-7-23)11-3-2-10(8-19-11)15(16,17)18/h2-3,8H,4-7H2,1H3,(H2,20,21,25). The predicted octanol–water partition coefficient (Wildman–Crippen LogP) is 1.39. The van der Waals surface area contributed by atoms with Crippen LogP contribution in [0, 0.1) is 6.92 Å². The van der Waals surface area contributed by atoms with Crippen LogP contribution in [-0.2, 0) is 6.18 Å². The minimum atomic E-state index is -4.41. The van der Waals surface area contributed by atoms with Gasteiger partial charge in [0.05, 0.1) is 5.56 Å². The molecule has 3 rings (SSSR count). The second-order valence-electron chi connectivity index (χ2n) is 5.76. The summed E-state index contributed by atoms with van der Waals surface area (Å²) in [5, 5.41) is 0. The summed E-state index contributed by atoms with van der Waals surface area (Å²) >= 11 is 0. The van der Waals surface area contributed by atoms with Crippen LogP contribution in [0.25, 0.3) is 0 Å². The van der Waals surface area contributed by atoms with Gasteiger partial charge in [-0.3, -0.25) is 4.79 Å². The molecule has 1 aliphatic rings. The van der Waals surface area contributed by atoms with Gasteiger partial charge in [0, 0.05) is 38.1 Å². The molecule has 0 radical (unpaired) electrons. The normalized spacial score (nSPS) is 15.5. The molecule has 1 amide bonds. The van der Waals surface area contributed by atoms with E-state index in [1.807, 2.05) is 4.90 Å². The lowest BCUT2D eigenvalue weighted by Crippen LogP contribution is -2.49. The molecule has 134 valence electrons. The number of hydrogen-bond donors (Lipinski definition) is 2. The van der Waals surface area contributed by atoms with Gasteiger partial charge in [-0.15, -0.1) is 0 Å². The van der Waals surface area contributed by atoms with Crippen molar-refractivity contribution >= 4 is 11.7 Å². The van der Waals surface area contributed by atoms with E-state index in [1.165, 1.54) is 6.07 Å².